The Labute approximate surface area is 163 Å². The molecule has 1 unspecified atom stereocenters. The van der Waals surface area contributed by atoms with Gasteiger partial charge in [0.05, 0.1) is 23.3 Å². The van der Waals surface area contributed by atoms with Crippen molar-refractivity contribution in [2.24, 2.45) is 7.05 Å². The van der Waals surface area contributed by atoms with Crippen molar-refractivity contribution in [2.45, 2.75) is 12.5 Å². The number of thiophene rings is 1. The van der Waals surface area contributed by atoms with Crippen LogP contribution in [0, 0.1) is 0 Å². The summed E-state index contributed by atoms with van der Waals surface area (Å²) in [6.45, 7) is 0.0250. The lowest BCUT2D eigenvalue weighted by molar-refractivity contribution is 0.0853. The predicted molar refractivity (Wildman–Crippen MR) is 103 cm³/mol. The molecule has 1 atom stereocenters. The highest BCUT2D eigenvalue weighted by molar-refractivity contribution is 7.14. The number of nitrogens with one attached hydrogen (secondary N) is 1. The molecule has 0 spiro atoms. The van der Waals surface area contributed by atoms with Crippen LogP contribution in [0.4, 0.5) is 0 Å². The highest BCUT2D eigenvalue weighted by Crippen LogP contribution is 2.39. The van der Waals surface area contributed by atoms with Gasteiger partial charge in [0.25, 0.3) is 11.5 Å². The predicted octanol–water partition coefficient (Wildman–Crippen LogP) is 1.42. The van der Waals surface area contributed by atoms with Gasteiger partial charge in [-0.3, -0.25) is 19.0 Å². The molecule has 0 fully saturated rings. The van der Waals surface area contributed by atoms with E-state index in [2.05, 4.69) is 10.3 Å². The van der Waals surface area contributed by atoms with Crippen LogP contribution < -0.4 is 15.6 Å². The molecule has 3 aromatic rings. The fraction of sp³-hybridized carbons (Fsp3) is 0.263. The number of carbonyl (C=O) groups excluding carboxylic acids is 2. The Balaban J connectivity index is 1.73. The van der Waals surface area contributed by atoms with Crippen LogP contribution in [0.3, 0.4) is 0 Å². The van der Waals surface area contributed by atoms with E-state index >= 15 is 0 Å². The molecule has 0 aliphatic carbocycles. The van der Waals surface area contributed by atoms with Crippen molar-refractivity contribution >= 4 is 34.1 Å². The van der Waals surface area contributed by atoms with Crippen molar-refractivity contribution in [3.63, 3.8) is 0 Å². The van der Waals surface area contributed by atoms with Crippen LogP contribution >= 0.6 is 11.3 Å². The first-order valence-electron chi connectivity index (χ1n) is 8.67. The Kier molecular flexibility index (Phi) is 4.70. The number of pyridine rings is 2. The summed E-state index contributed by atoms with van der Waals surface area (Å²) in [5.74, 6) is -0.347. The average Bonchev–Trinajstić information content (AvgIpc) is 3.20. The van der Waals surface area contributed by atoms with Crippen molar-refractivity contribution in [1.29, 1.82) is 0 Å². The van der Waals surface area contributed by atoms with Crippen molar-refractivity contribution < 1.29 is 19.4 Å². The number of rotatable bonds is 4. The largest absolute Gasteiger partial charge is 0.483 e. The third kappa shape index (κ3) is 2.98. The van der Waals surface area contributed by atoms with E-state index in [0.29, 0.717) is 20.8 Å². The van der Waals surface area contributed by atoms with Gasteiger partial charge in [-0.25, -0.2) is 4.98 Å². The maximum atomic E-state index is 12.8. The molecule has 144 valence electrons. The third-order valence-corrected chi connectivity index (χ3v) is 5.75. The Morgan fingerprint density at radius 1 is 1.39 bits per heavy atom. The Morgan fingerprint density at radius 2 is 2.21 bits per heavy atom. The number of fused-ring (bicyclic) bond motifs is 3. The van der Waals surface area contributed by atoms with E-state index in [-0.39, 0.29) is 42.6 Å². The molecular formula is C19H17N3O5S. The van der Waals surface area contributed by atoms with Crippen LogP contribution in [0.15, 0.2) is 35.3 Å². The first-order chi connectivity index (χ1) is 13.5. The number of amides is 1. The van der Waals surface area contributed by atoms with E-state index in [1.165, 1.54) is 15.9 Å². The van der Waals surface area contributed by atoms with Crippen molar-refractivity contribution in [2.75, 3.05) is 13.2 Å². The number of aliphatic hydroxyl groups excluding tert-OH is 1. The van der Waals surface area contributed by atoms with Crippen LogP contribution in [0.2, 0.25) is 0 Å². The SMILES string of the molecule is Cn1c(=O)c2c(c3cccnc31)OC(c1ccc(C(=O)NCCO)s1)CC2=O. The zero-order chi connectivity index (χ0) is 19.8. The topological polar surface area (TPSA) is 111 Å². The number of carbonyl (C=O) groups is 2. The third-order valence-electron chi connectivity index (χ3n) is 4.57. The fourth-order valence-electron chi connectivity index (χ4n) is 3.22. The summed E-state index contributed by atoms with van der Waals surface area (Å²) in [7, 11) is 1.58. The summed E-state index contributed by atoms with van der Waals surface area (Å²) in [4.78, 5) is 42.8. The number of nitrogens with zero attached hydrogens (tertiary/aromatic N) is 2. The minimum Gasteiger partial charge on any atom is -0.483 e. The second-order valence-corrected chi connectivity index (χ2v) is 7.47. The highest BCUT2D eigenvalue weighted by atomic mass is 32.1. The molecule has 0 saturated carbocycles. The molecule has 0 aromatic carbocycles. The van der Waals surface area contributed by atoms with E-state index < -0.39 is 11.7 Å². The number of aliphatic hydroxyl groups is 1. The summed E-state index contributed by atoms with van der Waals surface area (Å²) >= 11 is 1.22. The molecule has 1 aliphatic heterocycles. The second-order valence-electron chi connectivity index (χ2n) is 6.36. The van der Waals surface area contributed by atoms with Gasteiger partial charge in [0.2, 0.25) is 0 Å². The molecule has 1 amide bonds. The van der Waals surface area contributed by atoms with Gasteiger partial charge < -0.3 is 15.2 Å². The molecule has 9 heteroatoms. The maximum absolute atomic E-state index is 12.8. The van der Waals surface area contributed by atoms with Gasteiger partial charge in [-0.2, -0.15) is 0 Å². The van der Waals surface area contributed by atoms with Gasteiger partial charge in [0.15, 0.2) is 5.78 Å². The molecule has 0 radical (unpaired) electrons. The summed E-state index contributed by atoms with van der Waals surface area (Å²) < 4.78 is 7.43. The van der Waals surface area contributed by atoms with Gasteiger partial charge in [0.1, 0.15) is 23.1 Å². The number of Topliss-reactive ketones (excluding diaryl/α,β-unsaturated/α-hetero) is 1. The van der Waals surface area contributed by atoms with Gasteiger partial charge in [-0.05, 0) is 24.3 Å². The normalized spacial score (nSPS) is 15.9. The maximum Gasteiger partial charge on any atom is 0.266 e. The molecule has 2 N–H and O–H groups in total. The van der Waals surface area contributed by atoms with Crippen LogP contribution in [0.5, 0.6) is 5.75 Å². The monoisotopic (exact) mass is 399 g/mol. The Bertz CT molecular complexity index is 1150. The molecule has 28 heavy (non-hydrogen) atoms. The molecule has 3 aromatic heterocycles. The van der Waals surface area contributed by atoms with Gasteiger partial charge in [-0.1, -0.05) is 0 Å². The van der Waals surface area contributed by atoms with Crippen LogP contribution in [0.25, 0.3) is 11.0 Å². The van der Waals surface area contributed by atoms with Crippen LogP contribution in [0.1, 0.15) is 37.4 Å². The minimum atomic E-state index is -0.583. The van der Waals surface area contributed by atoms with Crippen molar-refractivity contribution in [3.05, 3.63) is 56.1 Å². The summed E-state index contributed by atoms with van der Waals surface area (Å²) in [6.07, 6.45) is 1.01. The fourth-order valence-corrected chi connectivity index (χ4v) is 4.18. The first-order valence-corrected chi connectivity index (χ1v) is 9.49. The van der Waals surface area contributed by atoms with E-state index in [1.54, 1.807) is 37.5 Å². The van der Waals surface area contributed by atoms with Gasteiger partial charge in [0, 0.05) is 24.7 Å². The number of aryl methyl sites for hydroxylation is 1. The lowest BCUT2D eigenvalue weighted by Crippen LogP contribution is -2.31. The molecule has 8 nitrogen and oxygen atoms in total. The smallest absolute Gasteiger partial charge is 0.266 e. The molecule has 0 saturated heterocycles. The lowest BCUT2D eigenvalue weighted by Gasteiger charge is -2.25. The number of ketones is 1. The van der Waals surface area contributed by atoms with Gasteiger partial charge >= 0.3 is 0 Å². The Morgan fingerprint density at radius 3 is 3.00 bits per heavy atom. The summed E-state index contributed by atoms with van der Waals surface area (Å²) in [6, 6.07) is 6.88. The standard InChI is InChI=1S/C19H17N3O5S/c1-22-17-10(3-2-6-20-17)16-15(19(22)26)11(24)9-12(27-16)13-4-5-14(28-13)18(25)21-7-8-23/h2-6,12,23H,7-9H2,1H3,(H,21,25). The lowest BCUT2D eigenvalue weighted by atomic mass is 9.99. The number of hydrogen-bond acceptors (Lipinski definition) is 7. The molecule has 0 bridgehead atoms. The van der Waals surface area contributed by atoms with E-state index in [9.17, 15) is 14.4 Å². The van der Waals surface area contributed by atoms with Crippen molar-refractivity contribution in [3.8, 4) is 5.75 Å². The summed E-state index contributed by atoms with van der Waals surface area (Å²) in [5.41, 5.74) is 0.0477. The summed E-state index contributed by atoms with van der Waals surface area (Å²) in [5, 5.41) is 12.0. The zero-order valence-electron chi connectivity index (χ0n) is 15.0. The molecule has 4 rings (SSSR count). The van der Waals surface area contributed by atoms with Crippen molar-refractivity contribution in [1.82, 2.24) is 14.9 Å². The van der Waals surface area contributed by atoms with E-state index in [4.69, 9.17) is 9.84 Å². The van der Waals surface area contributed by atoms with Crippen LogP contribution in [-0.2, 0) is 7.05 Å². The van der Waals surface area contributed by atoms with E-state index in [0.717, 1.165) is 0 Å². The molecule has 1 aliphatic rings. The minimum absolute atomic E-state index is 0.0201. The second kappa shape index (κ2) is 7.17. The number of ether oxygens (including phenoxy) is 1. The number of aromatic nitrogens is 2. The highest BCUT2D eigenvalue weighted by Gasteiger charge is 2.33. The zero-order valence-corrected chi connectivity index (χ0v) is 15.8. The van der Waals surface area contributed by atoms with Crippen LogP contribution in [-0.4, -0.2) is 39.5 Å². The van der Waals surface area contributed by atoms with E-state index in [1.807, 2.05) is 0 Å². The average molecular weight is 399 g/mol. The quantitative estimate of drug-likeness (QED) is 0.687. The van der Waals surface area contributed by atoms with Gasteiger partial charge in [-0.15, -0.1) is 11.3 Å². The molecular weight excluding hydrogens is 382 g/mol. The first kappa shape index (κ1) is 18.3. The molecule has 4 heterocycles. The number of hydrogen-bond donors (Lipinski definition) is 2. The Hall–Kier alpha value is -3.04.